The third kappa shape index (κ3) is 6.41. The van der Waals surface area contributed by atoms with Gasteiger partial charge in [-0.1, -0.05) is 41.9 Å². The zero-order valence-electron chi connectivity index (χ0n) is 29.5. The number of anilines is 1. The fourth-order valence-corrected chi connectivity index (χ4v) is 7.50. The Morgan fingerprint density at radius 1 is 1.08 bits per heavy atom. The lowest BCUT2D eigenvalue weighted by atomic mass is 9.94. The monoisotopic (exact) mass is 723 g/mol. The van der Waals surface area contributed by atoms with Gasteiger partial charge in [-0.2, -0.15) is 0 Å². The Bertz CT molecular complexity index is 2230. The molecule has 1 amide bonds. The fourth-order valence-electron chi connectivity index (χ4n) is 7.21. The zero-order valence-corrected chi connectivity index (χ0v) is 31.0. The molecule has 4 heterocycles. The number of benzene rings is 2. The van der Waals surface area contributed by atoms with Crippen molar-refractivity contribution in [3.8, 4) is 5.75 Å². The van der Waals surface area contributed by atoms with Crippen LogP contribution >= 0.6 is 23.2 Å². The second-order valence-electron chi connectivity index (χ2n) is 12.9. The first-order valence-electron chi connectivity index (χ1n) is 16.7. The van der Waals surface area contributed by atoms with E-state index < -0.39 is 5.97 Å². The summed E-state index contributed by atoms with van der Waals surface area (Å²) in [6.07, 6.45) is 5.91. The highest BCUT2D eigenvalue weighted by Gasteiger charge is 2.38. The Morgan fingerprint density at radius 2 is 1.76 bits per heavy atom. The second-order valence-corrected chi connectivity index (χ2v) is 13.7. The van der Waals surface area contributed by atoms with Gasteiger partial charge in [-0.05, 0) is 107 Å². The lowest BCUT2D eigenvalue weighted by Gasteiger charge is -2.35. The molecule has 51 heavy (non-hydrogen) atoms. The number of rotatable bonds is 10. The number of ether oxygens (including phenoxy) is 1. The number of fused-ring (bicyclic) bond motifs is 2. The molecule has 0 spiro atoms. The van der Waals surface area contributed by atoms with Crippen molar-refractivity contribution >= 4 is 57.2 Å². The van der Waals surface area contributed by atoms with Gasteiger partial charge >= 0.3 is 5.97 Å². The number of amides is 1. The number of hydrogen-bond donors (Lipinski definition) is 1. The van der Waals surface area contributed by atoms with Gasteiger partial charge < -0.3 is 19.3 Å². The van der Waals surface area contributed by atoms with E-state index in [0.717, 1.165) is 55.7 Å². The number of carboxylic acid groups (broad SMARTS) is 1. The summed E-state index contributed by atoms with van der Waals surface area (Å²) in [5.74, 6) is -0.540. The number of halogens is 2. The van der Waals surface area contributed by atoms with E-state index in [2.05, 4.69) is 33.0 Å². The zero-order chi connectivity index (χ0) is 36.7. The van der Waals surface area contributed by atoms with Crippen molar-refractivity contribution in [3.05, 3.63) is 128 Å². The standard InChI is InChI=1S/C40H39Cl2N5O4/c1-8-31(41)34(33-25(6)44-20-45-26(33)7)37-24(5)28(12-10-16-51-27-17-21(2)35(42)22(3)18-27)38-39(48)46(19-23(4)47(37)38)32-14-13-30(40(49)50)29-11-9-15-43-36(29)32/h8-9,11,13-15,17-18,20,23H,1,10,12,16,19H2,2-7H3,(H,49,50)/b34-31+/t23-/m1/s1. The Morgan fingerprint density at radius 3 is 2.41 bits per heavy atom. The van der Waals surface area contributed by atoms with Crippen LogP contribution in [0.2, 0.25) is 5.02 Å². The van der Waals surface area contributed by atoms with Crippen molar-refractivity contribution in [3.63, 3.8) is 0 Å². The van der Waals surface area contributed by atoms with E-state index in [9.17, 15) is 14.7 Å². The molecule has 1 aliphatic rings. The predicted molar refractivity (Wildman–Crippen MR) is 203 cm³/mol. The molecule has 3 aromatic heterocycles. The first kappa shape index (κ1) is 35.8. The normalized spacial score (nSPS) is 14.8. The molecule has 0 saturated heterocycles. The number of carboxylic acids is 1. The maximum Gasteiger partial charge on any atom is 0.336 e. The van der Waals surface area contributed by atoms with Gasteiger partial charge in [0, 0.05) is 51.7 Å². The van der Waals surface area contributed by atoms with E-state index in [1.807, 2.05) is 46.8 Å². The number of pyridine rings is 1. The molecular weight excluding hydrogens is 685 g/mol. The molecule has 0 radical (unpaired) electrons. The van der Waals surface area contributed by atoms with Crippen LogP contribution in [0.15, 0.2) is 66.6 Å². The van der Waals surface area contributed by atoms with Gasteiger partial charge in [-0.15, -0.1) is 0 Å². The Kier molecular flexibility index (Phi) is 10.1. The van der Waals surface area contributed by atoms with Crippen LogP contribution in [-0.2, 0) is 6.42 Å². The number of allylic oxidation sites excluding steroid dienone is 2. The maximum atomic E-state index is 14.9. The summed E-state index contributed by atoms with van der Waals surface area (Å²) in [6, 6.07) is 10.3. The van der Waals surface area contributed by atoms with Crippen LogP contribution in [-0.4, -0.2) is 49.7 Å². The molecule has 0 saturated carbocycles. The van der Waals surface area contributed by atoms with Crippen LogP contribution in [0.1, 0.15) is 85.1 Å². The number of hydrogen-bond acceptors (Lipinski definition) is 6. The topological polar surface area (TPSA) is 110 Å². The van der Waals surface area contributed by atoms with E-state index in [-0.39, 0.29) is 17.5 Å². The number of carbonyl (C=O) groups excluding carboxylic acids is 1. The van der Waals surface area contributed by atoms with Gasteiger partial charge in [0.1, 0.15) is 17.8 Å². The van der Waals surface area contributed by atoms with Gasteiger partial charge in [-0.25, -0.2) is 14.8 Å². The Balaban J connectivity index is 1.50. The quantitative estimate of drug-likeness (QED) is 0.113. The highest BCUT2D eigenvalue weighted by atomic mass is 35.5. The fraction of sp³-hybridized carbons (Fsp3) is 0.275. The summed E-state index contributed by atoms with van der Waals surface area (Å²) < 4.78 is 8.27. The first-order chi connectivity index (χ1) is 24.3. The van der Waals surface area contributed by atoms with Crippen LogP contribution in [0, 0.1) is 34.6 Å². The van der Waals surface area contributed by atoms with Crippen molar-refractivity contribution < 1.29 is 19.4 Å². The van der Waals surface area contributed by atoms with E-state index in [4.69, 9.17) is 27.9 Å². The van der Waals surface area contributed by atoms with Crippen molar-refractivity contribution in [2.45, 2.75) is 60.4 Å². The lowest BCUT2D eigenvalue weighted by Crippen LogP contribution is -2.43. The minimum absolute atomic E-state index is 0.122. The number of aryl methyl sites for hydroxylation is 4. The average Bonchev–Trinajstić information content (AvgIpc) is 3.39. The number of aromatic nitrogens is 4. The lowest BCUT2D eigenvalue weighted by molar-refractivity contribution is 0.0699. The molecule has 0 bridgehead atoms. The molecule has 9 nitrogen and oxygen atoms in total. The summed E-state index contributed by atoms with van der Waals surface area (Å²) in [6.45, 7) is 16.5. The van der Waals surface area contributed by atoms with Crippen LogP contribution in [0.3, 0.4) is 0 Å². The first-order valence-corrected chi connectivity index (χ1v) is 17.5. The Labute approximate surface area is 307 Å². The van der Waals surface area contributed by atoms with E-state index in [1.54, 1.807) is 35.4 Å². The van der Waals surface area contributed by atoms with Gasteiger partial charge in [0.15, 0.2) is 0 Å². The second kappa shape index (κ2) is 14.3. The van der Waals surface area contributed by atoms with E-state index >= 15 is 0 Å². The molecule has 1 aliphatic heterocycles. The van der Waals surface area contributed by atoms with Gasteiger partial charge in [0.25, 0.3) is 5.91 Å². The summed E-state index contributed by atoms with van der Waals surface area (Å²) in [5.41, 5.74) is 9.13. The smallest absolute Gasteiger partial charge is 0.336 e. The van der Waals surface area contributed by atoms with E-state index in [0.29, 0.717) is 58.9 Å². The molecule has 1 N–H and O–H groups in total. The van der Waals surface area contributed by atoms with Gasteiger partial charge in [0.2, 0.25) is 0 Å². The predicted octanol–water partition coefficient (Wildman–Crippen LogP) is 9.14. The summed E-state index contributed by atoms with van der Waals surface area (Å²) >= 11 is 13.4. The molecule has 262 valence electrons. The van der Waals surface area contributed by atoms with Crippen LogP contribution in [0.4, 0.5) is 5.69 Å². The highest BCUT2D eigenvalue weighted by Crippen LogP contribution is 2.43. The molecule has 0 unspecified atom stereocenters. The largest absolute Gasteiger partial charge is 0.494 e. The number of nitrogens with zero attached hydrogens (tertiary/aromatic N) is 5. The molecule has 1 atom stereocenters. The van der Waals surface area contributed by atoms with Crippen molar-refractivity contribution in [2.75, 3.05) is 18.1 Å². The molecule has 2 aromatic carbocycles. The van der Waals surface area contributed by atoms with Crippen LogP contribution in [0.25, 0.3) is 16.5 Å². The van der Waals surface area contributed by atoms with Gasteiger partial charge in [-0.3, -0.25) is 9.78 Å². The maximum absolute atomic E-state index is 14.9. The highest BCUT2D eigenvalue weighted by molar-refractivity contribution is 6.35. The molecule has 6 rings (SSSR count). The SMILES string of the molecule is C=C/C(Cl)=C(/c1c(C)ncnc1C)c1c(C)c(CCCOc2cc(C)c(Cl)c(C)c2)c2n1[C@H](C)CN(c1ccc(C(=O)O)c3cccnc13)C2=O. The third-order valence-electron chi connectivity index (χ3n) is 9.56. The molecule has 0 aliphatic carbocycles. The van der Waals surface area contributed by atoms with Crippen molar-refractivity contribution in [1.29, 1.82) is 0 Å². The van der Waals surface area contributed by atoms with Crippen LogP contribution < -0.4 is 9.64 Å². The minimum Gasteiger partial charge on any atom is -0.494 e. The third-order valence-corrected chi connectivity index (χ3v) is 10.5. The molecule has 11 heteroatoms. The molecule has 5 aromatic rings. The average molecular weight is 725 g/mol. The molecular formula is C40H39Cl2N5O4. The Hall–Kier alpha value is -4.99. The van der Waals surface area contributed by atoms with E-state index in [1.165, 1.54) is 12.4 Å². The minimum atomic E-state index is -1.06. The molecule has 0 fully saturated rings. The number of aromatic carboxylic acids is 1. The summed E-state index contributed by atoms with van der Waals surface area (Å²) in [5, 5.41) is 11.5. The van der Waals surface area contributed by atoms with Crippen LogP contribution in [0.5, 0.6) is 5.75 Å². The van der Waals surface area contributed by atoms with Crippen molar-refractivity contribution in [2.24, 2.45) is 0 Å². The summed E-state index contributed by atoms with van der Waals surface area (Å²) in [4.78, 5) is 42.3. The number of carbonyl (C=O) groups is 2. The van der Waals surface area contributed by atoms with Gasteiger partial charge in [0.05, 0.1) is 34.1 Å². The van der Waals surface area contributed by atoms with Crippen molar-refractivity contribution in [1.82, 2.24) is 19.5 Å². The summed E-state index contributed by atoms with van der Waals surface area (Å²) in [7, 11) is 0.